The van der Waals surface area contributed by atoms with Gasteiger partial charge < -0.3 is 5.32 Å². The van der Waals surface area contributed by atoms with Gasteiger partial charge in [-0.15, -0.1) is 22.7 Å². The molecule has 28 heavy (non-hydrogen) atoms. The molecule has 3 heterocycles. The Morgan fingerprint density at radius 1 is 1.14 bits per heavy atom. The van der Waals surface area contributed by atoms with E-state index in [1.54, 1.807) is 17.4 Å². The summed E-state index contributed by atoms with van der Waals surface area (Å²) in [6, 6.07) is 17.0. The average Bonchev–Trinajstić information content (AvgIpc) is 3.40. The smallest absolute Gasteiger partial charge is 0.229 e. The summed E-state index contributed by atoms with van der Waals surface area (Å²) >= 11 is 3.14. The Balaban J connectivity index is 1.52. The molecule has 0 radical (unpaired) electrons. The first kappa shape index (κ1) is 17.1. The highest BCUT2D eigenvalue weighted by Gasteiger charge is 2.16. The Morgan fingerprint density at radius 2 is 2.04 bits per heavy atom. The number of anilines is 1. The van der Waals surface area contributed by atoms with Crippen molar-refractivity contribution in [3.8, 4) is 10.6 Å². The minimum absolute atomic E-state index is 0.165. The van der Waals surface area contributed by atoms with E-state index in [2.05, 4.69) is 33.7 Å². The molecule has 0 saturated heterocycles. The molecule has 0 aliphatic heterocycles. The van der Waals surface area contributed by atoms with E-state index in [0.717, 1.165) is 26.2 Å². The van der Waals surface area contributed by atoms with Crippen molar-refractivity contribution in [1.29, 1.82) is 0 Å². The molecule has 0 unspecified atom stereocenters. The maximum Gasteiger partial charge on any atom is 0.229 e. The van der Waals surface area contributed by atoms with Gasteiger partial charge in [0.1, 0.15) is 11.5 Å². The molecule has 2 aromatic carbocycles. The molecule has 0 aliphatic carbocycles. The second-order valence-corrected chi connectivity index (χ2v) is 8.52. The molecule has 0 atom stereocenters. The molecule has 5 rings (SSSR count). The molecular weight excluding hydrogens is 393 g/mol. The minimum atomic E-state index is -0.487. The predicted molar refractivity (Wildman–Crippen MR) is 114 cm³/mol. The van der Waals surface area contributed by atoms with Crippen LogP contribution in [0.15, 0.2) is 60.0 Å². The minimum Gasteiger partial charge on any atom is -0.323 e. The third-order valence-electron chi connectivity index (χ3n) is 4.50. The molecule has 2 N–H and O–H groups in total. The van der Waals surface area contributed by atoms with Crippen LogP contribution in [0.1, 0.15) is 4.88 Å². The fourth-order valence-corrected chi connectivity index (χ4v) is 4.96. The van der Waals surface area contributed by atoms with Crippen molar-refractivity contribution >= 4 is 55.3 Å². The van der Waals surface area contributed by atoms with E-state index >= 15 is 0 Å². The van der Waals surface area contributed by atoms with Gasteiger partial charge in [-0.1, -0.05) is 24.3 Å². The van der Waals surface area contributed by atoms with Gasteiger partial charge in [-0.05, 0) is 35.0 Å². The number of amides is 1. The van der Waals surface area contributed by atoms with Gasteiger partial charge in [-0.2, -0.15) is 5.10 Å². The highest BCUT2D eigenvalue weighted by atomic mass is 32.1. The van der Waals surface area contributed by atoms with Crippen LogP contribution in [0, 0.1) is 5.82 Å². The van der Waals surface area contributed by atoms with E-state index in [9.17, 15) is 9.18 Å². The number of hydrogen-bond donors (Lipinski definition) is 2. The second kappa shape index (κ2) is 6.85. The van der Waals surface area contributed by atoms with Crippen LogP contribution in [0.25, 0.3) is 31.6 Å². The largest absolute Gasteiger partial charge is 0.323 e. The van der Waals surface area contributed by atoms with Crippen LogP contribution in [0.3, 0.4) is 0 Å². The zero-order chi connectivity index (χ0) is 19.1. The third kappa shape index (κ3) is 3.08. The summed E-state index contributed by atoms with van der Waals surface area (Å²) in [5.41, 5.74) is 1.52. The van der Waals surface area contributed by atoms with Crippen LogP contribution >= 0.6 is 22.7 Å². The van der Waals surface area contributed by atoms with Gasteiger partial charge >= 0.3 is 0 Å². The Morgan fingerprint density at radius 3 is 2.86 bits per heavy atom. The van der Waals surface area contributed by atoms with E-state index in [1.807, 2.05) is 29.6 Å². The number of benzene rings is 2. The van der Waals surface area contributed by atoms with E-state index in [4.69, 9.17) is 0 Å². The summed E-state index contributed by atoms with van der Waals surface area (Å²) in [6.07, 6.45) is 0.226. The summed E-state index contributed by atoms with van der Waals surface area (Å²) in [4.78, 5) is 14.2. The van der Waals surface area contributed by atoms with E-state index in [0.29, 0.717) is 5.52 Å². The third-order valence-corrected chi connectivity index (χ3v) is 6.50. The summed E-state index contributed by atoms with van der Waals surface area (Å²) in [5, 5.41) is 13.8. The number of carbonyl (C=O) groups is 1. The zero-order valence-corrected chi connectivity index (χ0v) is 16.2. The van der Waals surface area contributed by atoms with Crippen LogP contribution in [0.5, 0.6) is 0 Å². The average molecular weight is 407 g/mol. The lowest BCUT2D eigenvalue weighted by Gasteiger charge is -2.06. The van der Waals surface area contributed by atoms with Gasteiger partial charge in [-0.3, -0.25) is 9.89 Å². The quantitative estimate of drug-likeness (QED) is 0.394. The zero-order valence-electron chi connectivity index (χ0n) is 14.5. The van der Waals surface area contributed by atoms with Crippen LogP contribution in [0.2, 0.25) is 0 Å². The fourth-order valence-electron chi connectivity index (χ4n) is 3.19. The van der Waals surface area contributed by atoms with Gasteiger partial charge in [0.2, 0.25) is 5.91 Å². The van der Waals surface area contributed by atoms with E-state index < -0.39 is 5.82 Å². The summed E-state index contributed by atoms with van der Waals surface area (Å²) in [6.45, 7) is 0. The number of nitrogens with one attached hydrogen (secondary N) is 2. The van der Waals surface area contributed by atoms with Crippen LogP contribution in [0.4, 0.5) is 10.1 Å². The Labute approximate surface area is 167 Å². The SMILES string of the molecule is O=C(Cc1cccs1)Nc1cc2c(-c3cc4ccccc4s3)n[nH]c2cc1F. The maximum atomic E-state index is 14.5. The number of rotatable bonds is 4. The highest BCUT2D eigenvalue weighted by Crippen LogP contribution is 2.37. The fraction of sp³-hybridized carbons (Fsp3) is 0.0476. The summed E-state index contributed by atoms with van der Waals surface area (Å²) in [7, 11) is 0. The number of H-pyrrole nitrogens is 1. The number of nitrogens with zero attached hydrogens (tertiary/aromatic N) is 1. The van der Waals surface area contributed by atoms with Crippen molar-refractivity contribution < 1.29 is 9.18 Å². The first-order valence-electron chi connectivity index (χ1n) is 8.66. The standard InChI is InChI=1S/C21H14FN3OS2/c22-15-11-16-14(10-17(15)23-20(26)9-13-5-3-7-27-13)21(25-24-16)19-8-12-4-1-2-6-18(12)28-19/h1-8,10-11H,9H2,(H,23,26)(H,24,25). The Hall–Kier alpha value is -3.03. The van der Waals surface area contributed by atoms with Crippen molar-refractivity contribution in [3.63, 3.8) is 0 Å². The Kier molecular flexibility index (Phi) is 4.18. The molecule has 0 saturated carbocycles. The molecular formula is C21H14FN3OS2. The number of aromatic nitrogens is 2. The predicted octanol–water partition coefficient (Wildman–Crippen LogP) is 5.83. The first-order chi connectivity index (χ1) is 13.7. The van der Waals surface area contributed by atoms with Crippen LogP contribution in [-0.2, 0) is 11.2 Å². The van der Waals surface area contributed by atoms with Gasteiger partial charge in [0.25, 0.3) is 0 Å². The van der Waals surface area contributed by atoms with Crippen molar-refractivity contribution in [2.45, 2.75) is 6.42 Å². The van der Waals surface area contributed by atoms with Crippen LogP contribution < -0.4 is 5.32 Å². The summed E-state index contributed by atoms with van der Waals surface area (Å²) in [5.74, 6) is -0.730. The second-order valence-electron chi connectivity index (χ2n) is 6.40. The van der Waals surface area contributed by atoms with Crippen molar-refractivity contribution in [1.82, 2.24) is 10.2 Å². The maximum absolute atomic E-state index is 14.5. The normalized spacial score (nSPS) is 11.3. The molecule has 7 heteroatoms. The molecule has 138 valence electrons. The van der Waals surface area contributed by atoms with Gasteiger partial charge in [0.15, 0.2) is 0 Å². The molecule has 4 nitrogen and oxygen atoms in total. The molecule has 0 spiro atoms. The van der Waals surface area contributed by atoms with E-state index in [1.165, 1.54) is 22.1 Å². The van der Waals surface area contributed by atoms with Gasteiger partial charge in [-0.25, -0.2) is 4.39 Å². The monoisotopic (exact) mass is 407 g/mol. The van der Waals surface area contributed by atoms with Crippen molar-refractivity contribution in [2.24, 2.45) is 0 Å². The van der Waals surface area contributed by atoms with Crippen LogP contribution in [-0.4, -0.2) is 16.1 Å². The lowest BCUT2D eigenvalue weighted by molar-refractivity contribution is -0.115. The van der Waals surface area contributed by atoms with Crippen molar-refractivity contribution in [2.75, 3.05) is 5.32 Å². The highest BCUT2D eigenvalue weighted by molar-refractivity contribution is 7.22. The molecule has 0 fully saturated rings. The lowest BCUT2D eigenvalue weighted by Crippen LogP contribution is -2.14. The molecule has 0 aliphatic rings. The number of hydrogen-bond acceptors (Lipinski definition) is 4. The summed E-state index contributed by atoms with van der Waals surface area (Å²) < 4.78 is 15.6. The Bertz CT molecular complexity index is 1270. The topological polar surface area (TPSA) is 57.8 Å². The molecule has 0 bridgehead atoms. The first-order valence-corrected chi connectivity index (χ1v) is 10.4. The molecule has 5 aromatic rings. The van der Waals surface area contributed by atoms with E-state index in [-0.39, 0.29) is 18.0 Å². The number of thiophene rings is 2. The number of fused-ring (bicyclic) bond motifs is 2. The number of carbonyl (C=O) groups excluding carboxylic acids is 1. The van der Waals surface area contributed by atoms with Crippen molar-refractivity contribution in [3.05, 3.63) is 70.7 Å². The number of halogens is 1. The van der Waals surface area contributed by atoms with Gasteiger partial charge in [0.05, 0.1) is 22.5 Å². The van der Waals surface area contributed by atoms with Gasteiger partial charge in [0, 0.05) is 21.0 Å². The molecule has 3 aromatic heterocycles. The number of aromatic amines is 1. The lowest BCUT2D eigenvalue weighted by atomic mass is 10.1. The molecule has 1 amide bonds.